The first kappa shape index (κ1) is 22.9. The molecule has 0 spiro atoms. The van der Waals surface area contributed by atoms with Gasteiger partial charge >= 0.3 is 0 Å². The van der Waals surface area contributed by atoms with Crippen molar-refractivity contribution in [2.24, 2.45) is 4.99 Å². The first-order valence-electron chi connectivity index (χ1n) is 10.3. The minimum Gasteiger partial charge on any atom is -0.394 e. The molecule has 1 N–H and O–H groups in total. The molecule has 1 aromatic rings. The molecule has 0 radical (unpaired) electrons. The molecule has 28 heavy (non-hydrogen) atoms. The third kappa shape index (κ3) is 6.92. The lowest BCUT2D eigenvalue weighted by Crippen LogP contribution is -2.49. The van der Waals surface area contributed by atoms with Gasteiger partial charge in [0.2, 0.25) is 0 Å². The lowest BCUT2D eigenvalue weighted by Gasteiger charge is -2.36. The average molecular weight is 406 g/mol. The van der Waals surface area contributed by atoms with E-state index in [1.165, 1.54) is 15.4 Å². The number of aliphatic imine (C=N–C) groups is 1. The monoisotopic (exact) mass is 405 g/mol. The predicted octanol–water partition coefficient (Wildman–Crippen LogP) is 3.49. The zero-order chi connectivity index (χ0) is 20.2. The molecule has 0 aliphatic carbocycles. The molecule has 6 heteroatoms. The quantitative estimate of drug-likeness (QED) is 0.279. The van der Waals surface area contributed by atoms with Gasteiger partial charge in [-0.05, 0) is 24.3 Å². The third-order valence-corrected chi connectivity index (χ3v) is 6.14. The van der Waals surface area contributed by atoms with Gasteiger partial charge in [-0.3, -0.25) is 9.89 Å². The molecule has 156 valence electrons. The number of rotatable bonds is 10. The molecule has 0 unspecified atom stereocenters. The van der Waals surface area contributed by atoms with Crippen molar-refractivity contribution in [1.82, 2.24) is 9.80 Å². The van der Waals surface area contributed by atoms with Gasteiger partial charge in [-0.25, -0.2) is 0 Å². The number of nitrogens with zero attached hydrogens (tertiary/aromatic N) is 3. The summed E-state index contributed by atoms with van der Waals surface area (Å²) in [5.41, 5.74) is 1.23. The van der Waals surface area contributed by atoms with Crippen molar-refractivity contribution in [1.29, 1.82) is 0 Å². The number of ether oxygens (including phenoxy) is 1. The molecular weight excluding hydrogens is 370 g/mol. The topological polar surface area (TPSA) is 48.3 Å². The molecule has 1 aliphatic heterocycles. The van der Waals surface area contributed by atoms with E-state index in [4.69, 9.17) is 9.84 Å². The molecule has 2 rings (SSSR count). The largest absolute Gasteiger partial charge is 0.394 e. The molecular formula is C22H35N3O2S. The number of piperazine rings is 1. The maximum absolute atomic E-state index is 8.79. The van der Waals surface area contributed by atoms with Crippen molar-refractivity contribution in [3.63, 3.8) is 0 Å². The van der Waals surface area contributed by atoms with Gasteiger partial charge in [-0.15, -0.1) is 0 Å². The van der Waals surface area contributed by atoms with Gasteiger partial charge in [0.15, 0.2) is 0 Å². The van der Waals surface area contributed by atoms with Gasteiger partial charge in [0, 0.05) is 50.2 Å². The number of aliphatic hydroxyl groups is 1. The minimum atomic E-state index is 0.0920. The second-order valence-corrected chi connectivity index (χ2v) is 7.98. The lowest BCUT2D eigenvalue weighted by molar-refractivity contribution is 0.0652. The highest BCUT2D eigenvalue weighted by Gasteiger charge is 2.22. The summed E-state index contributed by atoms with van der Waals surface area (Å²) in [5.74, 6) is 1.09. The van der Waals surface area contributed by atoms with Crippen LogP contribution in [0.5, 0.6) is 0 Å². The van der Waals surface area contributed by atoms with Gasteiger partial charge in [-0.2, -0.15) is 0 Å². The summed E-state index contributed by atoms with van der Waals surface area (Å²) < 4.78 is 5.40. The van der Waals surface area contributed by atoms with Gasteiger partial charge in [0.1, 0.15) is 5.84 Å². The number of allylic oxidation sites excluding steroid dienone is 2. The molecule has 1 saturated heterocycles. The highest BCUT2D eigenvalue weighted by atomic mass is 32.2. The third-order valence-electron chi connectivity index (χ3n) is 4.86. The minimum absolute atomic E-state index is 0.0920. The van der Waals surface area contributed by atoms with E-state index in [9.17, 15) is 0 Å². The number of hydrogen-bond donors (Lipinski definition) is 1. The zero-order valence-electron chi connectivity index (χ0n) is 17.6. The van der Waals surface area contributed by atoms with Crippen molar-refractivity contribution in [3.8, 4) is 0 Å². The zero-order valence-corrected chi connectivity index (χ0v) is 18.4. The normalized spacial score (nSPS) is 16.6. The number of benzene rings is 1. The molecule has 1 fully saturated rings. The molecule has 1 aliphatic rings. The van der Waals surface area contributed by atoms with Crippen LogP contribution in [-0.2, 0) is 4.74 Å². The Hall–Kier alpha value is -1.34. The van der Waals surface area contributed by atoms with E-state index in [1.807, 2.05) is 18.8 Å². The number of thioether (sulfide) groups is 1. The van der Waals surface area contributed by atoms with Crippen LogP contribution in [0.2, 0.25) is 0 Å². The highest BCUT2D eigenvalue weighted by Crippen LogP contribution is 2.33. The van der Waals surface area contributed by atoms with Crippen LogP contribution >= 0.6 is 11.8 Å². The van der Waals surface area contributed by atoms with E-state index in [0.29, 0.717) is 13.2 Å². The fourth-order valence-corrected chi connectivity index (χ4v) is 4.48. The summed E-state index contributed by atoms with van der Waals surface area (Å²) in [6.45, 7) is 10.4. The van der Waals surface area contributed by atoms with Crippen molar-refractivity contribution < 1.29 is 9.84 Å². The van der Waals surface area contributed by atoms with Crippen LogP contribution < -0.4 is 0 Å². The Kier molecular flexibility index (Phi) is 10.6. The first-order valence-corrected chi connectivity index (χ1v) is 11.1. The van der Waals surface area contributed by atoms with Crippen molar-refractivity contribution >= 4 is 17.6 Å². The van der Waals surface area contributed by atoms with E-state index in [0.717, 1.165) is 51.4 Å². The van der Waals surface area contributed by atoms with Crippen molar-refractivity contribution in [2.75, 3.05) is 59.6 Å². The molecule has 0 bridgehead atoms. The van der Waals surface area contributed by atoms with Crippen LogP contribution in [0.3, 0.4) is 0 Å². The van der Waals surface area contributed by atoms with Gasteiger partial charge in [-0.1, -0.05) is 49.4 Å². The fourth-order valence-electron chi connectivity index (χ4n) is 3.36. The van der Waals surface area contributed by atoms with E-state index in [-0.39, 0.29) is 6.61 Å². The Morgan fingerprint density at radius 3 is 2.61 bits per heavy atom. The predicted molar refractivity (Wildman–Crippen MR) is 119 cm³/mol. The Morgan fingerprint density at radius 1 is 1.21 bits per heavy atom. The van der Waals surface area contributed by atoms with E-state index in [2.05, 4.69) is 59.0 Å². The highest BCUT2D eigenvalue weighted by molar-refractivity contribution is 8.03. The molecule has 1 aromatic carbocycles. The number of hydrogen-bond acceptors (Lipinski definition) is 5. The van der Waals surface area contributed by atoms with Crippen LogP contribution in [0.4, 0.5) is 0 Å². The Morgan fingerprint density at radius 2 is 1.96 bits per heavy atom. The van der Waals surface area contributed by atoms with Crippen LogP contribution in [-0.4, -0.2) is 80.3 Å². The summed E-state index contributed by atoms with van der Waals surface area (Å²) in [7, 11) is 1.90. The number of aliphatic hydroxyl groups excluding tert-OH is 1. The van der Waals surface area contributed by atoms with Crippen molar-refractivity contribution in [3.05, 3.63) is 40.8 Å². The maximum atomic E-state index is 8.79. The van der Waals surface area contributed by atoms with Crippen LogP contribution in [0, 0.1) is 0 Å². The number of amidine groups is 1. The summed E-state index contributed by atoms with van der Waals surface area (Å²) in [4.78, 5) is 12.2. The summed E-state index contributed by atoms with van der Waals surface area (Å²) >= 11 is 1.87. The first-order chi connectivity index (χ1) is 13.7. The van der Waals surface area contributed by atoms with Gasteiger partial charge < -0.3 is 14.7 Å². The summed E-state index contributed by atoms with van der Waals surface area (Å²) in [6, 6.07) is 8.62. The van der Waals surface area contributed by atoms with Crippen LogP contribution in [0.1, 0.15) is 32.3 Å². The summed E-state index contributed by atoms with van der Waals surface area (Å²) in [6.07, 6.45) is 4.50. The second-order valence-electron chi connectivity index (χ2n) is 6.82. The average Bonchev–Trinajstić information content (AvgIpc) is 2.73. The van der Waals surface area contributed by atoms with Gasteiger partial charge in [0.25, 0.3) is 0 Å². The SMILES string of the molecule is C/C=C(\CCC)Sc1ccccc1C(=NC)N1CCN(CCOCCO)CC1. The maximum Gasteiger partial charge on any atom is 0.131 e. The standard InChI is InChI=1S/C22H35N3O2S/c1-4-8-19(5-2)28-21-10-7-6-9-20(21)22(23-3)25-13-11-24(12-14-25)15-17-27-18-16-26/h5-7,9-10,26H,4,8,11-18H2,1-3H3/b19-5+,23-22?. The second kappa shape index (κ2) is 13.0. The molecule has 0 atom stereocenters. The molecule has 5 nitrogen and oxygen atoms in total. The van der Waals surface area contributed by atoms with E-state index >= 15 is 0 Å². The van der Waals surface area contributed by atoms with Crippen LogP contribution in [0.15, 0.2) is 45.1 Å². The smallest absolute Gasteiger partial charge is 0.131 e. The molecule has 0 saturated carbocycles. The Labute approximate surface area is 174 Å². The molecule has 0 amide bonds. The van der Waals surface area contributed by atoms with E-state index < -0.39 is 0 Å². The van der Waals surface area contributed by atoms with Gasteiger partial charge in [0.05, 0.1) is 19.8 Å². The van der Waals surface area contributed by atoms with Crippen molar-refractivity contribution in [2.45, 2.75) is 31.6 Å². The Balaban J connectivity index is 2.01. The fraction of sp³-hybridized carbons (Fsp3) is 0.591. The molecule has 1 heterocycles. The Bertz CT molecular complexity index is 640. The summed E-state index contributed by atoms with van der Waals surface area (Å²) in [5, 5.41) is 8.79. The molecule has 0 aromatic heterocycles. The van der Waals surface area contributed by atoms with Crippen LogP contribution in [0.25, 0.3) is 0 Å². The lowest BCUT2D eigenvalue weighted by atomic mass is 10.1. The van der Waals surface area contributed by atoms with E-state index in [1.54, 1.807) is 0 Å².